The number of halogens is 1. The van der Waals surface area contributed by atoms with E-state index in [1.807, 2.05) is 30.3 Å². The second kappa shape index (κ2) is 9.96. The van der Waals surface area contributed by atoms with Crippen LogP contribution in [-0.2, 0) is 21.2 Å². The molecule has 31 heavy (non-hydrogen) atoms. The fourth-order valence-corrected chi connectivity index (χ4v) is 4.48. The zero-order valence-electron chi connectivity index (χ0n) is 17.1. The highest BCUT2D eigenvalue weighted by Crippen LogP contribution is 2.22. The van der Waals surface area contributed by atoms with Gasteiger partial charge < -0.3 is 10.1 Å². The Morgan fingerprint density at radius 1 is 1.03 bits per heavy atom. The molecule has 8 heteroatoms. The summed E-state index contributed by atoms with van der Waals surface area (Å²) < 4.78 is 33.8. The van der Waals surface area contributed by atoms with E-state index in [-0.39, 0.29) is 11.3 Å². The zero-order chi connectivity index (χ0) is 22.4. The van der Waals surface area contributed by atoms with Gasteiger partial charge >= 0.3 is 0 Å². The number of sulfonamides is 1. The average molecular weight is 459 g/mol. The summed E-state index contributed by atoms with van der Waals surface area (Å²) in [5, 5.41) is 3.29. The number of carbonyl (C=O) groups excluding carboxylic acids is 1. The van der Waals surface area contributed by atoms with E-state index in [9.17, 15) is 13.2 Å². The third-order valence-electron chi connectivity index (χ3n) is 4.68. The Morgan fingerprint density at radius 2 is 1.71 bits per heavy atom. The van der Waals surface area contributed by atoms with Crippen molar-refractivity contribution in [3.63, 3.8) is 0 Å². The van der Waals surface area contributed by atoms with Crippen molar-refractivity contribution in [2.45, 2.75) is 24.3 Å². The fraction of sp³-hybridized carbons (Fsp3) is 0.174. The summed E-state index contributed by atoms with van der Waals surface area (Å²) in [4.78, 5) is 13.0. The van der Waals surface area contributed by atoms with E-state index in [1.165, 1.54) is 19.2 Å². The predicted octanol–water partition coefficient (Wildman–Crippen LogP) is 4.19. The number of ether oxygens (including phenoxy) is 1. The van der Waals surface area contributed by atoms with Crippen molar-refractivity contribution in [3.05, 3.63) is 88.9 Å². The maximum absolute atomic E-state index is 13.0. The first-order valence-electron chi connectivity index (χ1n) is 9.56. The van der Waals surface area contributed by atoms with Crippen LogP contribution in [0, 0.1) is 6.92 Å². The van der Waals surface area contributed by atoms with Crippen LogP contribution in [0.15, 0.2) is 77.7 Å². The highest BCUT2D eigenvalue weighted by atomic mass is 35.5. The van der Waals surface area contributed by atoms with Crippen LogP contribution >= 0.6 is 11.6 Å². The highest BCUT2D eigenvalue weighted by molar-refractivity contribution is 7.89. The summed E-state index contributed by atoms with van der Waals surface area (Å²) in [7, 11) is -2.44. The largest absolute Gasteiger partial charge is 0.496 e. The number of rotatable bonds is 8. The van der Waals surface area contributed by atoms with Gasteiger partial charge in [-0.15, -0.1) is 0 Å². The summed E-state index contributed by atoms with van der Waals surface area (Å²) in [5.74, 6) is 0.111. The molecular weight excluding hydrogens is 436 g/mol. The third kappa shape index (κ3) is 6.07. The van der Waals surface area contributed by atoms with E-state index >= 15 is 0 Å². The molecule has 3 aromatic carbocycles. The number of hydrogen-bond donors (Lipinski definition) is 2. The molecule has 0 aliphatic carbocycles. The van der Waals surface area contributed by atoms with Crippen molar-refractivity contribution in [2.24, 2.45) is 0 Å². The first kappa shape index (κ1) is 22.8. The molecule has 0 radical (unpaired) electrons. The van der Waals surface area contributed by atoms with Crippen LogP contribution in [0.1, 0.15) is 11.1 Å². The zero-order valence-corrected chi connectivity index (χ0v) is 18.7. The van der Waals surface area contributed by atoms with E-state index < -0.39 is 22.0 Å². The van der Waals surface area contributed by atoms with Crippen LogP contribution in [0.4, 0.5) is 5.69 Å². The molecule has 3 aromatic rings. The second-order valence-electron chi connectivity index (χ2n) is 6.99. The summed E-state index contributed by atoms with van der Waals surface area (Å²) in [5.41, 5.74) is 2.02. The van der Waals surface area contributed by atoms with Gasteiger partial charge in [0.2, 0.25) is 15.9 Å². The number of anilines is 1. The van der Waals surface area contributed by atoms with Gasteiger partial charge in [0.25, 0.3) is 0 Å². The van der Waals surface area contributed by atoms with Gasteiger partial charge in [-0.05, 0) is 66.9 Å². The van der Waals surface area contributed by atoms with Crippen molar-refractivity contribution in [3.8, 4) is 5.75 Å². The Bertz CT molecular complexity index is 1150. The molecule has 0 heterocycles. The predicted molar refractivity (Wildman–Crippen MR) is 122 cm³/mol. The Kier molecular flexibility index (Phi) is 7.33. The Hall–Kier alpha value is -2.87. The molecule has 3 rings (SSSR count). The molecule has 0 saturated carbocycles. The number of carbonyl (C=O) groups is 1. The minimum absolute atomic E-state index is 0.0585. The summed E-state index contributed by atoms with van der Waals surface area (Å²) in [6.07, 6.45) is 0.189. The van der Waals surface area contributed by atoms with Crippen LogP contribution in [0.5, 0.6) is 5.75 Å². The van der Waals surface area contributed by atoms with Gasteiger partial charge in [-0.1, -0.05) is 41.9 Å². The van der Waals surface area contributed by atoms with Crippen molar-refractivity contribution in [1.82, 2.24) is 4.72 Å². The average Bonchev–Trinajstić information content (AvgIpc) is 2.75. The van der Waals surface area contributed by atoms with Crippen LogP contribution in [0.25, 0.3) is 0 Å². The number of benzene rings is 3. The standard InChI is InChI=1S/C23H23ClN2O4S/c1-16-14-20(12-13-22(16)30-2)31(28,29)26-21(15-17-6-4-3-5-7-17)23(27)25-19-10-8-18(24)9-11-19/h3-14,21,26H,15H2,1-2H3,(H,25,27)/t21-/m1/s1. The monoisotopic (exact) mass is 458 g/mol. The van der Waals surface area contributed by atoms with Crippen molar-refractivity contribution < 1.29 is 17.9 Å². The van der Waals surface area contributed by atoms with E-state index in [2.05, 4.69) is 10.0 Å². The van der Waals surface area contributed by atoms with Crippen LogP contribution in [0.2, 0.25) is 5.02 Å². The summed E-state index contributed by atoms with van der Waals surface area (Å²) >= 11 is 5.89. The molecule has 0 saturated heterocycles. The van der Waals surface area contributed by atoms with Crippen molar-refractivity contribution in [1.29, 1.82) is 0 Å². The van der Waals surface area contributed by atoms with Gasteiger partial charge in [-0.25, -0.2) is 8.42 Å². The van der Waals surface area contributed by atoms with Crippen molar-refractivity contribution >= 4 is 33.2 Å². The maximum atomic E-state index is 13.0. The maximum Gasteiger partial charge on any atom is 0.242 e. The topological polar surface area (TPSA) is 84.5 Å². The lowest BCUT2D eigenvalue weighted by Gasteiger charge is -2.19. The van der Waals surface area contributed by atoms with Crippen LogP contribution in [0.3, 0.4) is 0 Å². The second-order valence-corrected chi connectivity index (χ2v) is 9.14. The molecular formula is C23H23ClN2O4S. The molecule has 0 spiro atoms. The quantitative estimate of drug-likeness (QED) is 0.530. The smallest absolute Gasteiger partial charge is 0.242 e. The lowest BCUT2D eigenvalue weighted by molar-refractivity contribution is -0.117. The molecule has 0 aliphatic heterocycles. The molecule has 0 unspecified atom stereocenters. The highest BCUT2D eigenvalue weighted by Gasteiger charge is 2.26. The molecule has 0 aliphatic rings. The summed E-state index contributed by atoms with van der Waals surface area (Å²) in [6.45, 7) is 1.76. The number of hydrogen-bond acceptors (Lipinski definition) is 4. The van der Waals surface area contributed by atoms with E-state index in [0.29, 0.717) is 22.0 Å². The molecule has 0 aromatic heterocycles. The normalized spacial score (nSPS) is 12.2. The lowest BCUT2D eigenvalue weighted by Crippen LogP contribution is -2.45. The Labute approximate surface area is 187 Å². The summed E-state index contributed by atoms with van der Waals surface area (Å²) in [6, 6.07) is 19.3. The molecule has 162 valence electrons. The fourth-order valence-electron chi connectivity index (χ4n) is 3.07. The van der Waals surface area contributed by atoms with E-state index in [1.54, 1.807) is 37.3 Å². The van der Waals surface area contributed by atoms with Crippen LogP contribution in [-0.4, -0.2) is 27.5 Å². The van der Waals surface area contributed by atoms with Gasteiger partial charge in [0, 0.05) is 10.7 Å². The van der Waals surface area contributed by atoms with Gasteiger partial charge in [-0.3, -0.25) is 4.79 Å². The van der Waals surface area contributed by atoms with Gasteiger partial charge in [-0.2, -0.15) is 4.72 Å². The molecule has 0 fully saturated rings. The molecule has 1 amide bonds. The lowest BCUT2D eigenvalue weighted by atomic mass is 10.1. The Morgan fingerprint density at radius 3 is 2.32 bits per heavy atom. The van der Waals surface area contributed by atoms with E-state index in [4.69, 9.17) is 16.3 Å². The molecule has 0 bridgehead atoms. The Balaban J connectivity index is 1.87. The SMILES string of the molecule is COc1ccc(S(=O)(=O)N[C@H](Cc2ccccc2)C(=O)Nc2ccc(Cl)cc2)cc1C. The van der Waals surface area contributed by atoms with Crippen LogP contribution < -0.4 is 14.8 Å². The third-order valence-corrected chi connectivity index (χ3v) is 6.41. The molecule has 1 atom stereocenters. The van der Waals surface area contributed by atoms with Gasteiger partial charge in [0.15, 0.2) is 0 Å². The van der Waals surface area contributed by atoms with Gasteiger partial charge in [0.05, 0.1) is 12.0 Å². The molecule has 6 nitrogen and oxygen atoms in total. The number of nitrogens with one attached hydrogen (secondary N) is 2. The number of methoxy groups -OCH3 is 1. The molecule has 2 N–H and O–H groups in total. The minimum atomic E-state index is -3.96. The van der Waals surface area contributed by atoms with E-state index in [0.717, 1.165) is 5.56 Å². The first-order chi connectivity index (χ1) is 14.8. The number of amides is 1. The first-order valence-corrected chi connectivity index (χ1v) is 11.4. The minimum Gasteiger partial charge on any atom is -0.496 e. The number of aryl methyl sites for hydroxylation is 1. The van der Waals surface area contributed by atoms with Crippen molar-refractivity contribution in [2.75, 3.05) is 12.4 Å². The van der Waals surface area contributed by atoms with Gasteiger partial charge in [0.1, 0.15) is 11.8 Å².